The average molecular weight is 317 g/mol. The summed E-state index contributed by atoms with van der Waals surface area (Å²) in [6, 6.07) is 6.21. The van der Waals surface area contributed by atoms with Gasteiger partial charge in [-0.15, -0.1) is 12.4 Å². The van der Waals surface area contributed by atoms with E-state index >= 15 is 0 Å². The predicted octanol–water partition coefficient (Wildman–Crippen LogP) is 3.45. The molecule has 3 nitrogen and oxygen atoms in total. The van der Waals surface area contributed by atoms with Crippen LogP contribution in [0, 0.1) is 11.2 Å². The topological polar surface area (TPSA) is 41.1 Å². The maximum absolute atomic E-state index is 13.0. The molecule has 1 unspecified atom stereocenters. The second kappa shape index (κ2) is 9.00. The fraction of sp³-hybridized carbons (Fsp3) is 0.562. The zero-order valence-corrected chi connectivity index (χ0v) is 14.0. The van der Waals surface area contributed by atoms with Crippen molar-refractivity contribution in [3.05, 3.63) is 35.6 Å². The van der Waals surface area contributed by atoms with Gasteiger partial charge in [-0.3, -0.25) is 4.79 Å². The average Bonchev–Trinajstić information content (AvgIpc) is 2.36. The highest BCUT2D eigenvalue weighted by atomic mass is 35.5. The fourth-order valence-corrected chi connectivity index (χ4v) is 2.11. The molecular weight excluding hydrogens is 291 g/mol. The summed E-state index contributed by atoms with van der Waals surface area (Å²) in [4.78, 5) is 12.0. The Bertz CT molecular complexity index is 429. The lowest BCUT2D eigenvalue weighted by Gasteiger charge is -2.32. The number of amides is 1. The number of benzene rings is 1. The van der Waals surface area contributed by atoms with Crippen molar-refractivity contribution in [3.8, 4) is 0 Å². The van der Waals surface area contributed by atoms with Crippen LogP contribution in [0.1, 0.15) is 45.2 Å². The number of carbonyl (C=O) groups excluding carboxylic acids is 1. The summed E-state index contributed by atoms with van der Waals surface area (Å²) in [6.07, 6.45) is 1.30. The second-order valence-electron chi connectivity index (χ2n) is 6.13. The molecule has 0 aliphatic carbocycles. The lowest BCUT2D eigenvalue weighted by Crippen LogP contribution is -2.36. The number of nitrogens with one attached hydrogen (secondary N) is 2. The zero-order chi connectivity index (χ0) is 15.2. The fourth-order valence-electron chi connectivity index (χ4n) is 2.11. The first-order valence-corrected chi connectivity index (χ1v) is 7.04. The lowest BCUT2D eigenvalue weighted by molar-refractivity contribution is -0.122. The Hall–Kier alpha value is -1.13. The number of halogens is 2. The molecule has 0 saturated carbocycles. The van der Waals surface area contributed by atoms with Crippen LogP contribution in [-0.2, 0) is 4.79 Å². The van der Waals surface area contributed by atoms with E-state index in [1.807, 2.05) is 7.05 Å². The van der Waals surface area contributed by atoms with Gasteiger partial charge in [-0.1, -0.05) is 32.9 Å². The molecule has 1 atom stereocenters. The molecule has 5 heteroatoms. The lowest BCUT2D eigenvalue weighted by atomic mass is 9.82. The molecule has 0 aliphatic rings. The Morgan fingerprint density at radius 3 is 2.29 bits per heavy atom. The van der Waals surface area contributed by atoms with Gasteiger partial charge in [0, 0.05) is 6.42 Å². The Labute approximate surface area is 133 Å². The van der Waals surface area contributed by atoms with Crippen LogP contribution in [0.2, 0.25) is 0 Å². The van der Waals surface area contributed by atoms with Crippen LogP contribution in [0.3, 0.4) is 0 Å². The molecule has 0 aromatic heterocycles. The molecule has 120 valence electrons. The van der Waals surface area contributed by atoms with E-state index in [0.717, 1.165) is 18.5 Å². The summed E-state index contributed by atoms with van der Waals surface area (Å²) >= 11 is 0. The van der Waals surface area contributed by atoms with E-state index in [0.29, 0.717) is 6.42 Å². The molecule has 1 aromatic rings. The zero-order valence-electron chi connectivity index (χ0n) is 13.2. The van der Waals surface area contributed by atoms with Crippen LogP contribution >= 0.6 is 12.4 Å². The largest absolute Gasteiger partial charge is 0.349 e. The second-order valence-corrected chi connectivity index (χ2v) is 6.13. The highest BCUT2D eigenvalue weighted by molar-refractivity contribution is 5.85. The third-order valence-electron chi connectivity index (χ3n) is 3.21. The van der Waals surface area contributed by atoms with Crippen LogP contribution in [0.5, 0.6) is 0 Å². The molecule has 1 amide bonds. The van der Waals surface area contributed by atoms with E-state index < -0.39 is 0 Å². The summed E-state index contributed by atoms with van der Waals surface area (Å²) < 4.78 is 13.0. The van der Waals surface area contributed by atoms with Gasteiger partial charge in [-0.05, 0) is 43.1 Å². The van der Waals surface area contributed by atoms with Crippen molar-refractivity contribution in [3.63, 3.8) is 0 Å². The maximum atomic E-state index is 13.0. The maximum Gasteiger partial charge on any atom is 0.220 e. The van der Waals surface area contributed by atoms with Gasteiger partial charge in [-0.2, -0.15) is 0 Å². The Morgan fingerprint density at radius 2 is 1.81 bits per heavy atom. The minimum absolute atomic E-state index is 0. The number of carbonyl (C=O) groups is 1. The van der Waals surface area contributed by atoms with Crippen LogP contribution in [0.15, 0.2) is 24.3 Å². The van der Waals surface area contributed by atoms with Crippen molar-refractivity contribution in [2.45, 2.75) is 39.7 Å². The van der Waals surface area contributed by atoms with Crippen molar-refractivity contribution >= 4 is 18.3 Å². The molecule has 0 saturated heterocycles. The van der Waals surface area contributed by atoms with Gasteiger partial charge in [0.15, 0.2) is 0 Å². The highest BCUT2D eigenvalue weighted by Crippen LogP contribution is 2.32. The van der Waals surface area contributed by atoms with Gasteiger partial charge in [-0.25, -0.2) is 4.39 Å². The van der Waals surface area contributed by atoms with E-state index in [9.17, 15) is 9.18 Å². The normalized spacial score (nSPS) is 12.4. The molecule has 21 heavy (non-hydrogen) atoms. The Morgan fingerprint density at radius 1 is 1.24 bits per heavy atom. The van der Waals surface area contributed by atoms with E-state index in [1.165, 1.54) is 12.1 Å². The number of rotatable bonds is 6. The molecular formula is C16H26ClFN2O. The molecule has 0 aliphatic heterocycles. The van der Waals surface area contributed by atoms with Gasteiger partial charge in [0.25, 0.3) is 0 Å². The van der Waals surface area contributed by atoms with E-state index in [4.69, 9.17) is 0 Å². The predicted molar refractivity (Wildman–Crippen MR) is 87.1 cm³/mol. The van der Waals surface area contributed by atoms with Crippen LogP contribution in [-0.4, -0.2) is 19.5 Å². The minimum atomic E-state index is -0.262. The first-order valence-electron chi connectivity index (χ1n) is 7.04. The van der Waals surface area contributed by atoms with Crippen LogP contribution < -0.4 is 10.6 Å². The molecule has 0 heterocycles. The summed E-state index contributed by atoms with van der Waals surface area (Å²) in [5.41, 5.74) is 0.803. The first-order chi connectivity index (χ1) is 9.34. The monoisotopic (exact) mass is 316 g/mol. The van der Waals surface area contributed by atoms with Crippen LogP contribution in [0.4, 0.5) is 4.39 Å². The third-order valence-corrected chi connectivity index (χ3v) is 3.21. The summed E-state index contributed by atoms with van der Waals surface area (Å²) in [5, 5.41) is 6.09. The SMILES string of the molecule is CNCCCC(=O)NC(c1ccc(F)cc1)C(C)(C)C.Cl. The van der Waals surface area contributed by atoms with Gasteiger partial charge < -0.3 is 10.6 Å². The smallest absolute Gasteiger partial charge is 0.220 e. The molecule has 0 radical (unpaired) electrons. The van der Waals surface area contributed by atoms with Gasteiger partial charge in [0.1, 0.15) is 5.82 Å². The molecule has 2 N–H and O–H groups in total. The van der Waals surface area contributed by atoms with Gasteiger partial charge in [0.05, 0.1) is 6.04 Å². The molecule has 0 bridgehead atoms. The van der Waals surface area contributed by atoms with Crippen molar-refractivity contribution in [1.29, 1.82) is 0 Å². The van der Waals surface area contributed by atoms with E-state index in [2.05, 4.69) is 31.4 Å². The quantitative estimate of drug-likeness (QED) is 0.789. The Kier molecular flexibility index (Phi) is 8.52. The number of hydrogen-bond donors (Lipinski definition) is 2. The highest BCUT2D eigenvalue weighted by Gasteiger charge is 2.27. The standard InChI is InChI=1S/C16H25FN2O.ClH/c1-16(2,3)15(12-7-9-13(17)10-8-12)19-14(20)6-5-11-18-4;/h7-10,15,18H,5-6,11H2,1-4H3,(H,19,20);1H. The van der Waals surface area contributed by atoms with Crippen molar-refractivity contribution in [1.82, 2.24) is 10.6 Å². The van der Waals surface area contributed by atoms with Gasteiger partial charge >= 0.3 is 0 Å². The molecule has 1 aromatic carbocycles. The third kappa shape index (κ3) is 6.91. The van der Waals surface area contributed by atoms with Crippen LogP contribution in [0.25, 0.3) is 0 Å². The summed E-state index contributed by atoms with van der Waals surface area (Å²) in [7, 11) is 1.87. The van der Waals surface area contributed by atoms with Crippen molar-refractivity contribution < 1.29 is 9.18 Å². The van der Waals surface area contributed by atoms with Crippen molar-refractivity contribution in [2.75, 3.05) is 13.6 Å². The summed E-state index contributed by atoms with van der Waals surface area (Å²) in [6.45, 7) is 7.02. The van der Waals surface area contributed by atoms with Gasteiger partial charge in [0.2, 0.25) is 5.91 Å². The molecule has 0 spiro atoms. The molecule has 1 rings (SSSR count). The summed E-state index contributed by atoms with van der Waals surface area (Å²) in [5.74, 6) is -0.230. The van der Waals surface area contributed by atoms with E-state index in [1.54, 1.807) is 12.1 Å². The van der Waals surface area contributed by atoms with E-state index in [-0.39, 0.29) is 35.6 Å². The molecule has 0 fully saturated rings. The number of hydrogen-bond acceptors (Lipinski definition) is 2. The minimum Gasteiger partial charge on any atom is -0.349 e. The Balaban J connectivity index is 0.00000400. The van der Waals surface area contributed by atoms with Crippen molar-refractivity contribution in [2.24, 2.45) is 5.41 Å². The first kappa shape index (κ1) is 19.9.